The summed E-state index contributed by atoms with van der Waals surface area (Å²) in [5.41, 5.74) is 6.52. The maximum atomic E-state index is 13.8. The van der Waals surface area contributed by atoms with Gasteiger partial charge in [0.1, 0.15) is 11.9 Å². The molecule has 0 unspecified atom stereocenters. The fourth-order valence-electron chi connectivity index (χ4n) is 4.78. The number of rotatable bonds is 8. The van der Waals surface area contributed by atoms with Gasteiger partial charge in [0.2, 0.25) is 17.8 Å². The Kier molecular flexibility index (Phi) is 7.51. The third-order valence-corrected chi connectivity index (χ3v) is 6.85. The van der Waals surface area contributed by atoms with Crippen LogP contribution in [0.1, 0.15) is 36.8 Å². The van der Waals surface area contributed by atoms with Crippen molar-refractivity contribution in [3.8, 4) is 0 Å². The van der Waals surface area contributed by atoms with E-state index in [2.05, 4.69) is 9.97 Å². The van der Waals surface area contributed by atoms with Crippen LogP contribution in [0.3, 0.4) is 0 Å². The van der Waals surface area contributed by atoms with Crippen LogP contribution in [0.5, 0.6) is 0 Å². The lowest BCUT2D eigenvalue weighted by molar-refractivity contribution is -0.170. The number of aryl methyl sites for hydroxylation is 1. The predicted octanol–water partition coefficient (Wildman–Crippen LogP) is 2.96. The Morgan fingerprint density at radius 2 is 1.82 bits per heavy atom. The molecular formula is C26H27F3N6O3. The van der Waals surface area contributed by atoms with Gasteiger partial charge < -0.3 is 10.3 Å². The molecule has 4 rings (SSSR count). The molecule has 0 radical (unpaired) electrons. The van der Waals surface area contributed by atoms with Gasteiger partial charge in [-0.3, -0.25) is 24.2 Å². The van der Waals surface area contributed by atoms with Crippen LogP contribution in [-0.2, 0) is 27.9 Å². The Balaban J connectivity index is 1.62. The van der Waals surface area contributed by atoms with Crippen LogP contribution in [-0.4, -0.2) is 50.2 Å². The minimum Gasteiger partial charge on any atom is -0.384 e. The predicted molar refractivity (Wildman–Crippen MR) is 132 cm³/mol. The van der Waals surface area contributed by atoms with Crippen LogP contribution in [0.25, 0.3) is 0 Å². The molecule has 0 aliphatic carbocycles. The van der Waals surface area contributed by atoms with Gasteiger partial charge in [-0.1, -0.05) is 6.92 Å². The molecule has 2 aromatic heterocycles. The second-order valence-electron chi connectivity index (χ2n) is 9.29. The van der Waals surface area contributed by atoms with Gasteiger partial charge in [0.25, 0.3) is 5.91 Å². The molecule has 1 aliphatic heterocycles. The third kappa shape index (κ3) is 4.98. The summed E-state index contributed by atoms with van der Waals surface area (Å²) in [6.07, 6.45) is 4.77. The highest BCUT2D eigenvalue weighted by molar-refractivity contribution is 6.12. The normalized spacial score (nSPS) is 17.7. The lowest BCUT2D eigenvalue weighted by atomic mass is 9.80. The number of hydrogen-bond donors (Lipinski definition) is 1. The van der Waals surface area contributed by atoms with E-state index in [-0.39, 0.29) is 30.6 Å². The number of imidazole rings is 1. The number of hydrogen-bond acceptors (Lipinski definition) is 6. The first kappa shape index (κ1) is 26.8. The monoisotopic (exact) mass is 528 g/mol. The summed E-state index contributed by atoms with van der Waals surface area (Å²) in [7, 11) is 3.20. The zero-order valence-electron chi connectivity index (χ0n) is 21.1. The minimum absolute atomic E-state index is 0.0852. The third-order valence-electron chi connectivity index (χ3n) is 6.85. The van der Waals surface area contributed by atoms with Crippen molar-refractivity contribution in [1.29, 1.82) is 0 Å². The Labute approximate surface area is 217 Å². The Morgan fingerprint density at radius 1 is 1.13 bits per heavy atom. The fraction of sp³-hybridized carbons (Fsp3) is 0.346. The number of nitrogens with two attached hydrogens (primary N) is 1. The molecule has 3 amide bonds. The zero-order chi connectivity index (χ0) is 27.7. The van der Waals surface area contributed by atoms with E-state index in [0.29, 0.717) is 11.5 Å². The molecule has 1 aromatic carbocycles. The average Bonchev–Trinajstić information content (AvgIpc) is 3.31. The molecule has 2 N–H and O–H groups in total. The van der Waals surface area contributed by atoms with Crippen LogP contribution in [0, 0.1) is 23.4 Å². The minimum atomic E-state index is -1.60. The summed E-state index contributed by atoms with van der Waals surface area (Å²) < 4.78 is 42.8. The molecule has 0 bridgehead atoms. The number of nitrogen functional groups attached to an aromatic ring is 1. The number of amides is 3. The summed E-state index contributed by atoms with van der Waals surface area (Å²) in [5.74, 6) is -7.08. The van der Waals surface area contributed by atoms with Crippen molar-refractivity contribution in [2.75, 3.05) is 17.7 Å². The Bertz CT molecular complexity index is 1370. The number of likely N-dealkylation sites (tertiary alicyclic amines) is 1. The van der Waals surface area contributed by atoms with Crippen molar-refractivity contribution in [3.05, 3.63) is 71.4 Å². The van der Waals surface area contributed by atoms with Crippen molar-refractivity contribution in [3.63, 3.8) is 0 Å². The number of imide groups is 1. The van der Waals surface area contributed by atoms with Gasteiger partial charge in [-0.25, -0.2) is 23.1 Å². The van der Waals surface area contributed by atoms with Gasteiger partial charge in [0.15, 0.2) is 17.5 Å². The van der Waals surface area contributed by atoms with Crippen LogP contribution in [0.4, 0.5) is 24.9 Å². The first-order chi connectivity index (χ1) is 18.0. The van der Waals surface area contributed by atoms with Crippen molar-refractivity contribution in [2.45, 2.75) is 38.1 Å². The number of anilines is 2. The molecule has 1 saturated heterocycles. The first-order valence-electron chi connectivity index (χ1n) is 12.0. The van der Waals surface area contributed by atoms with E-state index < -0.39 is 53.1 Å². The fourth-order valence-corrected chi connectivity index (χ4v) is 4.78. The van der Waals surface area contributed by atoms with E-state index in [4.69, 9.17) is 5.73 Å². The number of pyridine rings is 1. The summed E-state index contributed by atoms with van der Waals surface area (Å²) in [4.78, 5) is 50.5. The highest BCUT2D eigenvalue weighted by Gasteiger charge is 2.55. The Morgan fingerprint density at radius 3 is 2.39 bits per heavy atom. The zero-order valence-corrected chi connectivity index (χ0v) is 21.1. The maximum absolute atomic E-state index is 13.8. The molecule has 0 spiro atoms. The molecule has 12 heteroatoms. The summed E-state index contributed by atoms with van der Waals surface area (Å²) in [5, 5.41) is 0. The topological polar surface area (TPSA) is 114 Å². The second kappa shape index (κ2) is 10.6. The van der Waals surface area contributed by atoms with Crippen molar-refractivity contribution < 1.29 is 27.6 Å². The summed E-state index contributed by atoms with van der Waals surface area (Å²) in [6, 6.07) is 3.80. The molecule has 3 atom stereocenters. The molecular weight excluding hydrogens is 501 g/mol. The van der Waals surface area contributed by atoms with Crippen LogP contribution >= 0.6 is 0 Å². The molecule has 3 aromatic rings. The number of carbonyl (C=O) groups excluding carboxylic acids is 3. The number of carbonyl (C=O) groups is 3. The number of halogens is 3. The number of benzene rings is 1. The number of aromatic nitrogens is 3. The maximum Gasteiger partial charge on any atom is 0.253 e. The molecule has 3 heterocycles. The summed E-state index contributed by atoms with van der Waals surface area (Å²) in [6.45, 7) is 1.70. The second-order valence-corrected chi connectivity index (χ2v) is 9.29. The largest absolute Gasteiger partial charge is 0.384 e. The number of nitrogens with zero attached hydrogens (tertiary/aromatic N) is 5. The van der Waals surface area contributed by atoms with Crippen LogP contribution < -0.4 is 10.6 Å². The number of likely N-dealkylation sites (N-methyl/N-ethyl adjacent to an activating group) is 1. The van der Waals surface area contributed by atoms with E-state index in [0.717, 1.165) is 17.0 Å². The van der Waals surface area contributed by atoms with E-state index in [1.54, 1.807) is 36.9 Å². The average molecular weight is 529 g/mol. The lowest BCUT2D eigenvalue weighted by Gasteiger charge is -2.46. The molecule has 200 valence electrons. The molecule has 38 heavy (non-hydrogen) atoms. The molecule has 1 fully saturated rings. The van der Waals surface area contributed by atoms with E-state index in [1.165, 1.54) is 24.3 Å². The lowest BCUT2D eigenvalue weighted by Crippen LogP contribution is -2.69. The first-order valence-corrected chi connectivity index (χ1v) is 12.0. The standard InChI is InChI=1S/C26H27F3N6O3/c1-4-15(16-11-18(27)22(29)19(28)12-16)13-21(36)35-23(25(38)34(3)26-32-7-8-33(26)2)17(24(35)37)9-14-5-6-31-20(30)10-14/h5-8,10-12,15,17,23H,4,9,13H2,1-3H3,(H2,30,31)/t15-,17+,23-/m0/s1. The van der Waals surface area contributed by atoms with Gasteiger partial charge in [0, 0.05) is 39.1 Å². The van der Waals surface area contributed by atoms with Gasteiger partial charge in [-0.2, -0.15) is 0 Å². The smallest absolute Gasteiger partial charge is 0.253 e. The van der Waals surface area contributed by atoms with E-state index >= 15 is 0 Å². The van der Waals surface area contributed by atoms with Gasteiger partial charge in [0.05, 0.1) is 5.92 Å². The van der Waals surface area contributed by atoms with Gasteiger partial charge >= 0.3 is 0 Å². The van der Waals surface area contributed by atoms with Crippen molar-refractivity contribution >= 4 is 29.5 Å². The highest BCUT2D eigenvalue weighted by Crippen LogP contribution is 2.35. The Hall–Kier alpha value is -4.22. The quantitative estimate of drug-likeness (QED) is 0.355. The van der Waals surface area contributed by atoms with E-state index in [9.17, 15) is 27.6 Å². The van der Waals surface area contributed by atoms with Crippen LogP contribution in [0.2, 0.25) is 0 Å². The summed E-state index contributed by atoms with van der Waals surface area (Å²) >= 11 is 0. The highest BCUT2D eigenvalue weighted by atomic mass is 19.2. The molecule has 1 aliphatic rings. The SMILES string of the molecule is CC[C@@H](CC(=O)N1C(=O)[C@H](Cc2ccnc(N)c2)[C@H]1C(=O)N(C)c1nccn1C)c1cc(F)c(F)c(F)c1. The van der Waals surface area contributed by atoms with E-state index in [1.807, 2.05) is 0 Å². The van der Waals surface area contributed by atoms with Crippen molar-refractivity contribution in [2.24, 2.45) is 13.0 Å². The van der Waals surface area contributed by atoms with Gasteiger partial charge in [-0.15, -0.1) is 0 Å². The molecule has 9 nitrogen and oxygen atoms in total. The van der Waals surface area contributed by atoms with Crippen molar-refractivity contribution in [1.82, 2.24) is 19.4 Å². The van der Waals surface area contributed by atoms with Crippen LogP contribution in [0.15, 0.2) is 42.9 Å². The number of β-lactam (4-membered cyclic amide) rings is 1. The molecule has 0 saturated carbocycles. The van der Waals surface area contributed by atoms with Gasteiger partial charge in [-0.05, 0) is 54.2 Å².